The van der Waals surface area contributed by atoms with Gasteiger partial charge in [-0.2, -0.15) is 16.3 Å². The lowest BCUT2D eigenvalue weighted by atomic mass is 10.3. The molecule has 4 nitrogen and oxygen atoms in total. The van der Waals surface area contributed by atoms with Crippen molar-refractivity contribution in [3.63, 3.8) is 0 Å². The van der Waals surface area contributed by atoms with Gasteiger partial charge in [0.15, 0.2) is 5.58 Å². The second-order valence-electron chi connectivity index (χ2n) is 5.21. The van der Waals surface area contributed by atoms with Crippen molar-refractivity contribution < 1.29 is 4.42 Å². The fourth-order valence-corrected chi connectivity index (χ4v) is 3.03. The van der Waals surface area contributed by atoms with Crippen molar-refractivity contribution in [2.75, 3.05) is 10.6 Å². The summed E-state index contributed by atoms with van der Waals surface area (Å²) < 4.78 is 5.90. The van der Waals surface area contributed by atoms with E-state index in [0.29, 0.717) is 17.7 Å². The SMILES string of the molecule is Nc1ccc2nc(N(Cc3ccsc3)C3CC3)oc2c1. The topological polar surface area (TPSA) is 55.3 Å². The number of oxazole rings is 1. The molecule has 0 unspecified atom stereocenters. The van der Waals surface area contributed by atoms with E-state index in [0.717, 1.165) is 17.6 Å². The lowest BCUT2D eigenvalue weighted by Crippen LogP contribution is -2.24. The maximum Gasteiger partial charge on any atom is 0.298 e. The minimum absolute atomic E-state index is 0.556. The molecule has 5 heteroatoms. The van der Waals surface area contributed by atoms with Crippen molar-refractivity contribution in [1.82, 2.24) is 4.98 Å². The monoisotopic (exact) mass is 285 g/mol. The number of benzene rings is 1. The number of nitrogens with zero attached hydrogens (tertiary/aromatic N) is 2. The predicted molar refractivity (Wildman–Crippen MR) is 81.9 cm³/mol. The molecule has 1 aliphatic carbocycles. The Hall–Kier alpha value is -2.01. The predicted octanol–water partition coefficient (Wildman–Crippen LogP) is 3.64. The van der Waals surface area contributed by atoms with Crippen molar-refractivity contribution in [3.8, 4) is 0 Å². The Labute approximate surface area is 120 Å². The quantitative estimate of drug-likeness (QED) is 0.744. The summed E-state index contributed by atoms with van der Waals surface area (Å²) in [4.78, 5) is 6.87. The van der Waals surface area contributed by atoms with Crippen molar-refractivity contribution in [1.29, 1.82) is 0 Å². The van der Waals surface area contributed by atoms with E-state index in [1.165, 1.54) is 18.4 Å². The van der Waals surface area contributed by atoms with E-state index in [1.54, 1.807) is 11.3 Å². The third-order valence-electron chi connectivity index (χ3n) is 3.57. The molecule has 2 heterocycles. The molecule has 1 aromatic carbocycles. The van der Waals surface area contributed by atoms with E-state index in [1.807, 2.05) is 18.2 Å². The Balaban J connectivity index is 1.70. The fourth-order valence-electron chi connectivity index (χ4n) is 2.37. The minimum atomic E-state index is 0.556. The first-order valence-corrected chi connectivity index (χ1v) is 7.68. The minimum Gasteiger partial charge on any atom is -0.423 e. The normalized spacial score (nSPS) is 14.8. The molecule has 0 aliphatic heterocycles. The summed E-state index contributed by atoms with van der Waals surface area (Å²) >= 11 is 1.72. The van der Waals surface area contributed by atoms with Crippen LogP contribution in [0.3, 0.4) is 0 Å². The van der Waals surface area contributed by atoms with Crippen LogP contribution in [-0.2, 0) is 6.54 Å². The molecule has 0 bridgehead atoms. The van der Waals surface area contributed by atoms with E-state index in [4.69, 9.17) is 10.2 Å². The summed E-state index contributed by atoms with van der Waals surface area (Å²) in [5, 5.41) is 4.28. The first-order chi connectivity index (χ1) is 9.79. The van der Waals surface area contributed by atoms with Crippen LogP contribution in [0.4, 0.5) is 11.7 Å². The van der Waals surface area contributed by atoms with Crippen LogP contribution in [0.25, 0.3) is 11.1 Å². The molecule has 0 saturated heterocycles. The van der Waals surface area contributed by atoms with Crippen molar-refractivity contribution >= 4 is 34.1 Å². The first-order valence-electron chi connectivity index (χ1n) is 6.73. The molecule has 4 rings (SSSR count). The highest BCUT2D eigenvalue weighted by atomic mass is 32.1. The molecule has 102 valence electrons. The number of hydrogen-bond donors (Lipinski definition) is 1. The van der Waals surface area contributed by atoms with Crippen LogP contribution in [0.2, 0.25) is 0 Å². The second-order valence-corrected chi connectivity index (χ2v) is 5.99. The molecular formula is C15H15N3OS. The van der Waals surface area contributed by atoms with Gasteiger partial charge in [0.25, 0.3) is 6.01 Å². The molecule has 3 aromatic rings. The van der Waals surface area contributed by atoms with E-state index in [2.05, 4.69) is 26.7 Å². The average Bonchev–Trinajstić information content (AvgIpc) is 2.99. The second kappa shape index (κ2) is 4.52. The van der Waals surface area contributed by atoms with Gasteiger partial charge in [-0.1, -0.05) is 0 Å². The smallest absolute Gasteiger partial charge is 0.298 e. The van der Waals surface area contributed by atoms with Crippen molar-refractivity contribution in [2.45, 2.75) is 25.4 Å². The molecule has 0 spiro atoms. The summed E-state index contributed by atoms with van der Waals surface area (Å²) in [6.45, 7) is 0.858. The number of thiophene rings is 1. The third kappa shape index (κ3) is 2.14. The zero-order chi connectivity index (χ0) is 13.5. The van der Waals surface area contributed by atoms with Gasteiger partial charge in [-0.15, -0.1) is 0 Å². The molecule has 20 heavy (non-hydrogen) atoms. The Morgan fingerprint density at radius 3 is 3.00 bits per heavy atom. The fraction of sp³-hybridized carbons (Fsp3) is 0.267. The van der Waals surface area contributed by atoms with Crippen molar-refractivity contribution in [2.24, 2.45) is 0 Å². The molecule has 0 radical (unpaired) electrons. The zero-order valence-corrected chi connectivity index (χ0v) is 11.8. The largest absolute Gasteiger partial charge is 0.423 e. The maximum atomic E-state index is 5.90. The molecule has 0 amide bonds. The zero-order valence-electron chi connectivity index (χ0n) is 11.0. The number of anilines is 2. The summed E-state index contributed by atoms with van der Waals surface area (Å²) in [6.07, 6.45) is 2.43. The Bertz CT molecular complexity index is 731. The summed E-state index contributed by atoms with van der Waals surface area (Å²) in [5.41, 5.74) is 9.43. The highest BCUT2D eigenvalue weighted by Gasteiger charge is 2.32. The van der Waals surface area contributed by atoms with Gasteiger partial charge in [0.05, 0.1) is 0 Å². The van der Waals surface area contributed by atoms with E-state index >= 15 is 0 Å². The summed E-state index contributed by atoms with van der Waals surface area (Å²) in [5.74, 6) is 0. The lowest BCUT2D eigenvalue weighted by molar-refractivity contribution is 0.562. The van der Waals surface area contributed by atoms with E-state index < -0.39 is 0 Å². The molecule has 1 fully saturated rings. The van der Waals surface area contributed by atoms with Gasteiger partial charge in [-0.05, 0) is 47.4 Å². The molecule has 2 N–H and O–H groups in total. The van der Waals surface area contributed by atoms with Crippen LogP contribution >= 0.6 is 11.3 Å². The van der Waals surface area contributed by atoms with Crippen LogP contribution < -0.4 is 10.6 Å². The molecular weight excluding hydrogens is 270 g/mol. The average molecular weight is 285 g/mol. The highest BCUT2D eigenvalue weighted by molar-refractivity contribution is 7.07. The van der Waals surface area contributed by atoms with Gasteiger partial charge in [-0.3, -0.25) is 0 Å². The Morgan fingerprint density at radius 1 is 1.35 bits per heavy atom. The summed E-state index contributed by atoms with van der Waals surface area (Å²) in [6, 6.07) is 9.02. The van der Waals surface area contributed by atoms with Gasteiger partial charge < -0.3 is 15.1 Å². The van der Waals surface area contributed by atoms with Crippen molar-refractivity contribution in [3.05, 3.63) is 40.6 Å². The first kappa shape index (κ1) is 11.8. The summed E-state index contributed by atoms with van der Waals surface area (Å²) in [7, 11) is 0. The van der Waals surface area contributed by atoms with Gasteiger partial charge in [0.1, 0.15) is 5.52 Å². The van der Waals surface area contributed by atoms with Crippen LogP contribution in [0.15, 0.2) is 39.4 Å². The maximum absolute atomic E-state index is 5.90. The van der Waals surface area contributed by atoms with Gasteiger partial charge in [-0.25, -0.2) is 0 Å². The Morgan fingerprint density at radius 2 is 2.25 bits per heavy atom. The number of hydrogen-bond acceptors (Lipinski definition) is 5. The highest BCUT2D eigenvalue weighted by Crippen LogP contribution is 2.34. The lowest BCUT2D eigenvalue weighted by Gasteiger charge is -2.19. The third-order valence-corrected chi connectivity index (χ3v) is 4.30. The number of nitrogens with two attached hydrogens (primary N) is 1. The van der Waals surface area contributed by atoms with Gasteiger partial charge in [0.2, 0.25) is 0 Å². The number of nitrogen functional groups attached to an aromatic ring is 1. The van der Waals surface area contributed by atoms with Gasteiger partial charge in [0, 0.05) is 24.3 Å². The van der Waals surface area contributed by atoms with E-state index in [9.17, 15) is 0 Å². The van der Waals surface area contributed by atoms with Crippen LogP contribution in [0.5, 0.6) is 0 Å². The Kier molecular flexibility index (Phi) is 2.67. The van der Waals surface area contributed by atoms with Gasteiger partial charge >= 0.3 is 0 Å². The molecule has 1 saturated carbocycles. The van der Waals surface area contributed by atoms with Crippen LogP contribution in [0.1, 0.15) is 18.4 Å². The molecule has 0 atom stereocenters. The number of fused-ring (bicyclic) bond motifs is 1. The number of aromatic nitrogens is 1. The molecule has 2 aromatic heterocycles. The van der Waals surface area contributed by atoms with E-state index in [-0.39, 0.29) is 0 Å². The van der Waals surface area contributed by atoms with Crippen LogP contribution in [-0.4, -0.2) is 11.0 Å². The standard InChI is InChI=1S/C15H15N3OS/c16-11-1-4-13-14(7-11)19-15(17-13)18(12-2-3-12)8-10-5-6-20-9-10/h1,4-7,9,12H,2-3,8,16H2. The molecule has 1 aliphatic rings. The van der Waals surface area contributed by atoms with Crippen LogP contribution in [0, 0.1) is 0 Å². The number of rotatable bonds is 4.